The van der Waals surface area contributed by atoms with Gasteiger partial charge in [0.15, 0.2) is 6.10 Å². The van der Waals surface area contributed by atoms with Crippen molar-refractivity contribution in [2.24, 2.45) is 11.8 Å². The highest BCUT2D eigenvalue weighted by molar-refractivity contribution is 5.89. The maximum atomic E-state index is 12.4. The van der Waals surface area contributed by atoms with Crippen LogP contribution in [0.15, 0.2) is 24.3 Å². The van der Waals surface area contributed by atoms with Crippen molar-refractivity contribution in [3.63, 3.8) is 0 Å². The minimum Gasteiger partial charge on any atom is -0.481 e. The van der Waals surface area contributed by atoms with Crippen molar-refractivity contribution in [1.82, 2.24) is 5.32 Å². The minimum atomic E-state index is -0.585. The summed E-state index contributed by atoms with van der Waals surface area (Å²) in [7, 11) is 0. The van der Waals surface area contributed by atoms with Gasteiger partial charge in [-0.25, -0.2) is 4.79 Å². The molecule has 5 nitrogen and oxygen atoms in total. The van der Waals surface area contributed by atoms with Crippen LogP contribution in [0.3, 0.4) is 0 Å². The Morgan fingerprint density at radius 2 is 1.88 bits per heavy atom. The van der Waals surface area contributed by atoms with Crippen molar-refractivity contribution in [3.05, 3.63) is 29.8 Å². The first kappa shape index (κ1) is 19.3. The van der Waals surface area contributed by atoms with E-state index in [4.69, 9.17) is 9.47 Å². The smallest absolute Gasteiger partial charge is 0.338 e. The molecule has 1 saturated carbocycles. The van der Waals surface area contributed by atoms with Gasteiger partial charge >= 0.3 is 5.97 Å². The van der Waals surface area contributed by atoms with Gasteiger partial charge in [-0.2, -0.15) is 0 Å². The van der Waals surface area contributed by atoms with Crippen molar-refractivity contribution >= 4 is 11.9 Å². The highest BCUT2D eigenvalue weighted by Gasteiger charge is 2.29. The highest BCUT2D eigenvalue weighted by Crippen LogP contribution is 2.29. The molecule has 0 spiro atoms. The molecule has 25 heavy (non-hydrogen) atoms. The molecule has 138 valence electrons. The SMILES string of the molecule is CCOC(=O)c1ccc(O[C@H](C)C(=O)N[C@@H]2CCC[C@@H](C)[C@H]2C)cc1. The molecule has 1 aromatic rings. The first-order chi connectivity index (χ1) is 11.9. The normalized spacial score (nSPS) is 24.2. The molecule has 0 aliphatic heterocycles. The Balaban J connectivity index is 1.89. The summed E-state index contributed by atoms with van der Waals surface area (Å²) in [6.07, 6.45) is 2.82. The van der Waals surface area contributed by atoms with Crippen LogP contribution >= 0.6 is 0 Å². The molecule has 1 N–H and O–H groups in total. The summed E-state index contributed by atoms with van der Waals surface area (Å²) in [5.74, 6) is 1.21. The predicted molar refractivity (Wildman–Crippen MR) is 96.6 cm³/mol. The van der Waals surface area contributed by atoms with E-state index >= 15 is 0 Å². The number of hydrogen-bond acceptors (Lipinski definition) is 4. The standard InChI is InChI=1S/C20H29NO4/c1-5-24-20(23)16-9-11-17(12-10-16)25-15(4)19(22)21-18-8-6-7-13(2)14(18)3/h9-15,18H,5-8H2,1-4H3,(H,21,22)/t13-,14-,15-,18-/m1/s1. The molecule has 2 rings (SSSR count). The van der Waals surface area contributed by atoms with E-state index in [0.29, 0.717) is 29.8 Å². The number of nitrogens with one attached hydrogen (secondary N) is 1. The van der Waals surface area contributed by atoms with Crippen molar-refractivity contribution in [2.75, 3.05) is 6.61 Å². The van der Waals surface area contributed by atoms with E-state index in [1.165, 1.54) is 6.42 Å². The summed E-state index contributed by atoms with van der Waals surface area (Å²) < 4.78 is 10.7. The second kappa shape index (κ2) is 8.88. The lowest BCUT2D eigenvalue weighted by Crippen LogP contribution is -2.48. The molecule has 1 aliphatic rings. The first-order valence-corrected chi connectivity index (χ1v) is 9.16. The van der Waals surface area contributed by atoms with Crippen LogP contribution in [0.2, 0.25) is 0 Å². The molecule has 0 aromatic heterocycles. The van der Waals surface area contributed by atoms with E-state index in [1.807, 2.05) is 0 Å². The summed E-state index contributed by atoms with van der Waals surface area (Å²) in [4.78, 5) is 24.1. The Morgan fingerprint density at radius 3 is 2.52 bits per heavy atom. The van der Waals surface area contributed by atoms with Crippen LogP contribution in [0.1, 0.15) is 57.3 Å². The average Bonchev–Trinajstić information content (AvgIpc) is 2.59. The zero-order chi connectivity index (χ0) is 18.4. The lowest BCUT2D eigenvalue weighted by Gasteiger charge is -2.35. The summed E-state index contributed by atoms with van der Waals surface area (Å²) >= 11 is 0. The maximum Gasteiger partial charge on any atom is 0.338 e. The molecule has 1 amide bonds. The van der Waals surface area contributed by atoms with Gasteiger partial charge in [0.2, 0.25) is 0 Å². The second-order valence-electron chi connectivity index (χ2n) is 6.89. The Labute approximate surface area is 150 Å². The average molecular weight is 347 g/mol. The van der Waals surface area contributed by atoms with Gasteiger partial charge in [0.05, 0.1) is 12.2 Å². The van der Waals surface area contributed by atoms with Crippen LogP contribution in [0.4, 0.5) is 0 Å². The van der Waals surface area contributed by atoms with Gasteiger partial charge < -0.3 is 14.8 Å². The fourth-order valence-electron chi connectivity index (χ4n) is 3.23. The van der Waals surface area contributed by atoms with Crippen LogP contribution in [0, 0.1) is 11.8 Å². The number of ether oxygens (including phenoxy) is 2. The number of amides is 1. The van der Waals surface area contributed by atoms with E-state index in [-0.39, 0.29) is 17.9 Å². The van der Waals surface area contributed by atoms with E-state index in [1.54, 1.807) is 38.1 Å². The highest BCUT2D eigenvalue weighted by atomic mass is 16.5. The minimum absolute atomic E-state index is 0.0968. The Bertz CT molecular complexity index is 584. The number of carbonyl (C=O) groups is 2. The molecule has 0 heterocycles. The van der Waals surface area contributed by atoms with Crippen LogP contribution in [-0.2, 0) is 9.53 Å². The van der Waals surface area contributed by atoms with Gasteiger partial charge in [0.1, 0.15) is 5.75 Å². The Morgan fingerprint density at radius 1 is 1.20 bits per heavy atom. The van der Waals surface area contributed by atoms with Crippen molar-refractivity contribution in [2.45, 2.75) is 59.1 Å². The van der Waals surface area contributed by atoms with E-state index < -0.39 is 6.10 Å². The van der Waals surface area contributed by atoms with E-state index in [2.05, 4.69) is 19.2 Å². The van der Waals surface area contributed by atoms with Gasteiger partial charge in [0.25, 0.3) is 5.91 Å². The molecule has 0 radical (unpaired) electrons. The number of rotatable bonds is 6. The number of benzene rings is 1. The second-order valence-corrected chi connectivity index (χ2v) is 6.89. The molecule has 1 aliphatic carbocycles. The monoisotopic (exact) mass is 347 g/mol. The van der Waals surface area contributed by atoms with Gasteiger partial charge in [-0.15, -0.1) is 0 Å². The van der Waals surface area contributed by atoms with Gasteiger partial charge in [-0.1, -0.05) is 26.7 Å². The topological polar surface area (TPSA) is 64.6 Å². The van der Waals surface area contributed by atoms with Crippen LogP contribution in [0.5, 0.6) is 5.75 Å². The zero-order valence-electron chi connectivity index (χ0n) is 15.6. The van der Waals surface area contributed by atoms with Crippen LogP contribution < -0.4 is 10.1 Å². The third-order valence-corrected chi connectivity index (χ3v) is 5.08. The lowest BCUT2D eigenvalue weighted by molar-refractivity contribution is -0.128. The lowest BCUT2D eigenvalue weighted by atomic mass is 9.78. The predicted octanol–water partition coefficient (Wildman–Crippen LogP) is 3.57. The molecule has 0 unspecified atom stereocenters. The fraction of sp³-hybridized carbons (Fsp3) is 0.600. The maximum absolute atomic E-state index is 12.4. The number of esters is 1. The summed E-state index contributed by atoms with van der Waals surface area (Å²) in [5.41, 5.74) is 0.469. The van der Waals surface area contributed by atoms with Gasteiger partial charge in [-0.3, -0.25) is 4.79 Å². The third kappa shape index (κ3) is 5.21. The third-order valence-electron chi connectivity index (χ3n) is 5.08. The molecular formula is C20H29NO4. The molecule has 5 heteroatoms. The Kier molecular flexibility index (Phi) is 6.85. The van der Waals surface area contributed by atoms with Crippen LogP contribution in [0.25, 0.3) is 0 Å². The van der Waals surface area contributed by atoms with E-state index in [0.717, 1.165) is 12.8 Å². The molecule has 1 aromatic carbocycles. The molecule has 0 bridgehead atoms. The van der Waals surface area contributed by atoms with Crippen molar-refractivity contribution < 1.29 is 19.1 Å². The summed E-state index contributed by atoms with van der Waals surface area (Å²) in [6.45, 7) is 8.30. The fourth-order valence-corrected chi connectivity index (χ4v) is 3.23. The summed E-state index contributed by atoms with van der Waals surface area (Å²) in [5, 5.41) is 3.13. The summed E-state index contributed by atoms with van der Waals surface area (Å²) in [6, 6.07) is 6.86. The van der Waals surface area contributed by atoms with Crippen molar-refractivity contribution in [3.8, 4) is 5.75 Å². The Hall–Kier alpha value is -2.04. The van der Waals surface area contributed by atoms with Crippen molar-refractivity contribution in [1.29, 1.82) is 0 Å². The molecular weight excluding hydrogens is 318 g/mol. The van der Waals surface area contributed by atoms with Gasteiger partial charge in [0, 0.05) is 6.04 Å². The largest absolute Gasteiger partial charge is 0.481 e. The quantitative estimate of drug-likeness (QED) is 0.799. The molecule has 1 fully saturated rings. The number of carbonyl (C=O) groups excluding carboxylic acids is 2. The zero-order valence-corrected chi connectivity index (χ0v) is 15.6. The molecule has 4 atom stereocenters. The first-order valence-electron chi connectivity index (χ1n) is 9.16. The van der Waals surface area contributed by atoms with Gasteiger partial charge in [-0.05, 0) is 56.4 Å². The van der Waals surface area contributed by atoms with Crippen LogP contribution in [-0.4, -0.2) is 30.6 Å². The van der Waals surface area contributed by atoms with E-state index in [9.17, 15) is 9.59 Å². The number of hydrogen-bond donors (Lipinski definition) is 1. The molecule has 0 saturated heterocycles.